The molecule has 3 aromatic rings. The first-order chi connectivity index (χ1) is 14.7. The molecule has 1 atom stereocenters. The first-order valence-corrected chi connectivity index (χ1v) is 11.2. The number of carbonyl (C=O) groups excluding carboxylic acids is 1. The van der Waals surface area contributed by atoms with Gasteiger partial charge in [0.1, 0.15) is 0 Å². The molecule has 8 heteroatoms. The number of thioether (sulfide) groups is 1. The molecule has 1 aliphatic heterocycles. The van der Waals surface area contributed by atoms with Gasteiger partial charge < -0.3 is 4.90 Å². The Morgan fingerprint density at radius 1 is 1.00 bits per heavy atom. The van der Waals surface area contributed by atoms with E-state index in [0.29, 0.717) is 23.5 Å². The maximum absolute atomic E-state index is 12.7. The van der Waals surface area contributed by atoms with E-state index in [1.165, 1.54) is 17.3 Å². The number of piperazine rings is 1. The van der Waals surface area contributed by atoms with Crippen molar-refractivity contribution in [1.29, 1.82) is 0 Å². The number of aromatic nitrogens is 4. The van der Waals surface area contributed by atoms with Crippen molar-refractivity contribution in [3.8, 4) is 0 Å². The molecular formula is C22H26N6OS. The van der Waals surface area contributed by atoms with Crippen LogP contribution in [0.3, 0.4) is 0 Å². The van der Waals surface area contributed by atoms with Crippen LogP contribution in [-0.4, -0.2) is 67.8 Å². The van der Waals surface area contributed by atoms with Crippen LogP contribution in [0.4, 0.5) is 0 Å². The molecule has 1 saturated heterocycles. The molecule has 7 nitrogen and oxygen atoms in total. The third-order valence-electron chi connectivity index (χ3n) is 5.50. The van der Waals surface area contributed by atoms with Gasteiger partial charge in [-0.3, -0.25) is 9.69 Å². The van der Waals surface area contributed by atoms with Crippen molar-refractivity contribution in [1.82, 2.24) is 30.0 Å². The van der Waals surface area contributed by atoms with E-state index < -0.39 is 0 Å². The molecular weight excluding hydrogens is 396 g/mol. The molecule has 0 bridgehead atoms. The molecule has 0 aliphatic carbocycles. The molecule has 1 aliphatic rings. The fourth-order valence-electron chi connectivity index (χ4n) is 3.67. The Labute approximate surface area is 181 Å². The van der Waals surface area contributed by atoms with Gasteiger partial charge in [-0.2, -0.15) is 0 Å². The number of benzene rings is 2. The molecule has 0 N–H and O–H groups in total. The van der Waals surface area contributed by atoms with E-state index in [1.807, 2.05) is 41.3 Å². The van der Waals surface area contributed by atoms with E-state index in [4.69, 9.17) is 0 Å². The van der Waals surface area contributed by atoms with Gasteiger partial charge in [-0.1, -0.05) is 72.4 Å². The minimum absolute atomic E-state index is 0.140. The fraction of sp³-hybridized carbons (Fsp3) is 0.364. The van der Waals surface area contributed by atoms with Crippen LogP contribution < -0.4 is 0 Å². The minimum Gasteiger partial charge on any atom is -0.339 e. The Morgan fingerprint density at radius 3 is 2.37 bits per heavy atom. The summed E-state index contributed by atoms with van der Waals surface area (Å²) in [6, 6.07) is 20.9. The van der Waals surface area contributed by atoms with Crippen molar-refractivity contribution in [2.75, 3.05) is 31.9 Å². The fourth-order valence-corrected chi connectivity index (χ4v) is 4.45. The maximum Gasteiger partial charge on any atom is 0.233 e. The van der Waals surface area contributed by atoms with Crippen LogP contribution in [0.15, 0.2) is 65.8 Å². The zero-order valence-electron chi connectivity index (χ0n) is 17.1. The second kappa shape index (κ2) is 9.86. The predicted octanol–water partition coefficient (Wildman–Crippen LogP) is 2.72. The number of hydrogen-bond donors (Lipinski definition) is 0. The average Bonchev–Trinajstić information content (AvgIpc) is 3.25. The van der Waals surface area contributed by atoms with Crippen molar-refractivity contribution < 1.29 is 4.79 Å². The third-order valence-corrected chi connectivity index (χ3v) is 6.44. The highest BCUT2D eigenvalue weighted by atomic mass is 32.2. The monoisotopic (exact) mass is 422 g/mol. The molecule has 1 fully saturated rings. The van der Waals surface area contributed by atoms with Gasteiger partial charge in [0.25, 0.3) is 0 Å². The summed E-state index contributed by atoms with van der Waals surface area (Å²) < 4.78 is 1.74. The second-order valence-electron chi connectivity index (χ2n) is 7.40. The largest absolute Gasteiger partial charge is 0.339 e. The highest BCUT2D eigenvalue weighted by molar-refractivity contribution is 7.99. The summed E-state index contributed by atoms with van der Waals surface area (Å²) in [7, 11) is 0. The molecule has 4 rings (SSSR count). The minimum atomic E-state index is 0.140. The number of nitrogens with zero attached hydrogens (tertiary/aromatic N) is 6. The number of carbonyl (C=O) groups is 1. The van der Waals surface area contributed by atoms with E-state index in [-0.39, 0.29) is 5.91 Å². The van der Waals surface area contributed by atoms with Crippen molar-refractivity contribution in [3.05, 3.63) is 71.8 Å². The van der Waals surface area contributed by atoms with E-state index >= 15 is 0 Å². The topological polar surface area (TPSA) is 67.2 Å². The van der Waals surface area contributed by atoms with Crippen LogP contribution in [0, 0.1) is 0 Å². The molecule has 2 aromatic carbocycles. The Hall–Kier alpha value is -2.71. The van der Waals surface area contributed by atoms with Gasteiger partial charge in [-0.05, 0) is 28.5 Å². The summed E-state index contributed by atoms with van der Waals surface area (Å²) in [5.74, 6) is 0.491. The van der Waals surface area contributed by atoms with Crippen molar-refractivity contribution >= 4 is 17.7 Å². The average molecular weight is 423 g/mol. The summed E-state index contributed by atoms with van der Waals surface area (Å²) in [6.07, 6.45) is 0. The Kier molecular flexibility index (Phi) is 6.76. The van der Waals surface area contributed by atoms with E-state index in [9.17, 15) is 4.79 Å². The molecule has 0 spiro atoms. The van der Waals surface area contributed by atoms with E-state index in [0.717, 1.165) is 31.7 Å². The number of hydrogen-bond acceptors (Lipinski definition) is 6. The smallest absolute Gasteiger partial charge is 0.233 e. The summed E-state index contributed by atoms with van der Waals surface area (Å²) in [4.78, 5) is 17.1. The zero-order chi connectivity index (χ0) is 20.8. The van der Waals surface area contributed by atoms with Crippen LogP contribution in [0.25, 0.3) is 0 Å². The lowest BCUT2D eigenvalue weighted by atomic mass is 10.1. The summed E-state index contributed by atoms with van der Waals surface area (Å²) in [5.41, 5.74) is 2.44. The highest BCUT2D eigenvalue weighted by Gasteiger charge is 2.25. The Bertz CT molecular complexity index is 941. The molecule has 2 heterocycles. The standard InChI is InChI=1S/C22H26N6OS/c1-18(20-10-6-3-7-11-20)26-12-14-27(15-13-26)21(29)17-30-22-23-24-25-28(22)16-19-8-4-2-5-9-19/h2-11,18H,12-17H2,1H3. The van der Waals surface area contributed by atoms with Gasteiger partial charge in [0, 0.05) is 32.2 Å². The third kappa shape index (κ3) is 5.06. The van der Waals surface area contributed by atoms with Gasteiger partial charge >= 0.3 is 0 Å². The zero-order valence-corrected chi connectivity index (χ0v) is 17.9. The number of tetrazole rings is 1. The molecule has 30 heavy (non-hydrogen) atoms. The highest BCUT2D eigenvalue weighted by Crippen LogP contribution is 2.22. The molecule has 1 amide bonds. The normalized spacial score (nSPS) is 15.8. The summed E-state index contributed by atoms with van der Waals surface area (Å²) >= 11 is 1.40. The Morgan fingerprint density at radius 2 is 1.67 bits per heavy atom. The van der Waals surface area contributed by atoms with Crippen LogP contribution in [0.5, 0.6) is 0 Å². The summed E-state index contributed by atoms with van der Waals surface area (Å²) in [6.45, 7) is 6.11. The lowest BCUT2D eigenvalue weighted by molar-refractivity contribution is -0.130. The number of amides is 1. The summed E-state index contributed by atoms with van der Waals surface area (Å²) in [5, 5.41) is 12.6. The molecule has 1 aromatic heterocycles. The quantitative estimate of drug-likeness (QED) is 0.546. The van der Waals surface area contributed by atoms with Crippen LogP contribution in [0.2, 0.25) is 0 Å². The molecule has 156 valence electrons. The van der Waals surface area contributed by atoms with Crippen LogP contribution in [-0.2, 0) is 11.3 Å². The van der Waals surface area contributed by atoms with E-state index in [1.54, 1.807) is 4.68 Å². The first-order valence-electron chi connectivity index (χ1n) is 10.2. The van der Waals surface area contributed by atoms with Crippen LogP contribution in [0.1, 0.15) is 24.1 Å². The van der Waals surface area contributed by atoms with Crippen molar-refractivity contribution in [2.45, 2.75) is 24.7 Å². The van der Waals surface area contributed by atoms with E-state index in [2.05, 4.69) is 51.6 Å². The van der Waals surface area contributed by atoms with Gasteiger partial charge in [0.05, 0.1) is 12.3 Å². The predicted molar refractivity (Wildman–Crippen MR) is 117 cm³/mol. The lowest BCUT2D eigenvalue weighted by Gasteiger charge is -2.38. The van der Waals surface area contributed by atoms with Crippen LogP contribution >= 0.6 is 11.8 Å². The second-order valence-corrected chi connectivity index (χ2v) is 8.34. The molecule has 0 radical (unpaired) electrons. The molecule has 1 unspecified atom stereocenters. The lowest BCUT2D eigenvalue weighted by Crippen LogP contribution is -2.49. The van der Waals surface area contributed by atoms with Gasteiger partial charge in [0.2, 0.25) is 11.1 Å². The Balaban J connectivity index is 1.26. The van der Waals surface area contributed by atoms with Gasteiger partial charge in [-0.15, -0.1) is 5.10 Å². The number of rotatable bonds is 7. The van der Waals surface area contributed by atoms with Gasteiger partial charge in [-0.25, -0.2) is 4.68 Å². The maximum atomic E-state index is 12.7. The van der Waals surface area contributed by atoms with Crippen molar-refractivity contribution in [2.24, 2.45) is 0 Å². The molecule has 0 saturated carbocycles. The SMILES string of the molecule is CC(c1ccccc1)N1CCN(C(=O)CSc2nnnn2Cc2ccccc2)CC1. The van der Waals surface area contributed by atoms with Gasteiger partial charge in [0.15, 0.2) is 0 Å². The van der Waals surface area contributed by atoms with Crippen molar-refractivity contribution in [3.63, 3.8) is 0 Å². The first kappa shape index (κ1) is 20.6.